The van der Waals surface area contributed by atoms with E-state index >= 15 is 0 Å². The highest BCUT2D eigenvalue weighted by Crippen LogP contribution is 2.25. The fourth-order valence-electron chi connectivity index (χ4n) is 1.91. The van der Waals surface area contributed by atoms with Crippen LogP contribution in [0.5, 0.6) is 0 Å². The van der Waals surface area contributed by atoms with Gasteiger partial charge >= 0.3 is 0 Å². The third-order valence-corrected chi connectivity index (χ3v) is 2.68. The van der Waals surface area contributed by atoms with Crippen molar-refractivity contribution in [2.75, 3.05) is 13.2 Å². The first-order valence-corrected chi connectivity index (χ1v) is 5.20. The maximum atomic E-state index is 11.5. The minimum Gasteiger partial charge on any atom is -0.618 e. The number of hydrogen-bond donors (Lipinski definition) is 0. The molecule has 1 fully saturated rings. The Morgan fingerprint density at radius 1 is 1.19 bits per heavy atom. The summed E-state index contributed by atoms with van der Waals surface area (Å²) in [5.41, 5.74) is 1.61. The average molecular weight is 217 g/mol. The number of fused-ring (bicyclic) bond motifs is 1. The largest absolute Gasteiger partial charge is 0.618 e. The SMILES string of the molecule is [O-][n+]1cccc2cc(C3OCCO3)ccc21. The maximum absolute atomic E-state index is 11.5. The second kappa shape index (κ2) is 3.73. The van der Waals surface area contributed by atoms with E-state index in [2.05, 4.69) is 0 Å². The van der Waals surface area contributed by atoms with E-state index in [0.717, 1.165) is 15.7 Å². The van der Waals surface area contributed by atoms with Crippen LogP contribution in [-0.2, 0) is 9.47 Å². The molecule has 0 amide bonds. The first-order valence-electron chi connectivity index (χ1n) is 5.20. The summed E-state index contributed by atoms with van der Waals surface area (Å²) in [4.78, 5) is 0. The average Bonchev–Trinajstić information content (AvgIpc) is 2.82. The molecule has 0 bridgehead atoms. The zero-order valence-corrected chi connectivity index (χ0v) is 8.63. The highest BCUT2D eigenvalue weighted by Gasteiger charge is 2.19. The van der Waals surface area contributed by atoms with E-state index in [-0.39, 0.29) is 6.29 Å². The molecule has 0 aliphatic carbocycles. The summed E-state index contributed by atoms with van der Waals surface area (Å²) in [5.74, 6) is 0. The summed E-state index contributed by atoms with van der Waals surface area (Å²) in [6.45, 7) is 1.25. The molecule has 2 heterocycles. The summed E-state index contributed by atoms with van der Waals surface area (Å²) in [5, 5.41) is 12.4. The molecule has 2 aromatic rings. The quantitative estimate of drug-likeness (QED) is 0.537. The van der Waals surface area contributed by atoms with Crippen molar-refractivity contribution in [2.45, 2.75) is 6.29 Å². The van der Waals surface area contributed by atoms with Crippen LogP contribution in [-0.4, -0.2) is 13.2 Å². The van der Waals surface area contributed by atoms with Crippen molar-refractivity contribution >= 4 is 10.9 Å². The van der Waals surface area contributed by atoms with Gasteiger partial charge in [0.05, 0.1) is 13.2 Å². The molecule has 1 saturated heterocycles. The smallest absolute Gasteiger partial charge is 0.223 e. The normalized spacial score (nSPS) is 17.0. The van der Waals surface area contributed by atoms with Gasteiger partial charge in [0.2, 0.25) is 5.52 Å². The molecule has 4 heteroatoms. The minimum absolute atomic E-state index is 0.287. The van der Waals surface area contributed by atoms with Gasteiger partial charge in [-0.3, -0.25) is 0 Å². The third-order valence-electron chi connectivity index (χ3n) is 2.68. The molecule has 0 saturated carbocycles. The van der Waals surface area contributed by atoms with Gasteiger partial charge < -0.3 is 14.7 Å². The van der Waals surface area contributed by atoms with Crippen molar-refractivity contribution in [3.05, 3.63) is 47.3 Å². The monoisotopic (exact) mass is 217 g/mol. The number of aromatic nitrogens is 1. The number of ether oxygens (including phenoxy) is 2. The number of pyridine rings is 1. The predicted molar refractivity (Wildman–Crippen MR) is 57.6 cm³/mol. The van der Waals surface area contributed by atoms with Gasteiger partial charge in [-0.2, -0.15) is 4.73 Å². The zero-order chi connectivity index (χ0) is 11.0. The zero-order valence-electron chi connectivity index (χ0n) is 8.63. The molecule has 1 aromatic heterocycles. The second-order valence-corrected chi connectivity index (χ2v) is 3.73. The van der Waals surface area contributed by atoms with Crippen LogP contribution in [0.1, 0.15) is 11.9 Å². The summed E-state index contributed by atoms with van der Waals surface area (Å²) in [6, 6.07) is 9.23. The highest BCUT2D eigenvalue weighted by atomic mass is 16.7. The molecule has 1 aliphatic heterocycles. The lowest BCUT2D eigenvalue weighted by molar-refractivity contribution is -0.577. The van der Waals surface area contributed by atoms with Gasteiger partial charge in [-0.15, -0.1) is 0 Å². The summed E-state index contributed by atoms with van der Waals surface area (Å²) >= 11 is 0. The van der Waals surface area contributed by atoms with Crippen molar-refractivity contribution in [2.24, 2.45) is 0 Å². The molecule has 16 heavy (non-hydrogen) atoms. The van der Waals surface area contributed by atoms with Gasteiger partial charge in [0.15, 0.2) is 12.5 Å². The first-order chi connectivity index (χ1) is 7.84. The molecule has 0 unspecified atom stereocenters. The molecule has 3 rings (SSSR count). The van der Waals surface area contributed by atoms with Gasteiger partial charge in [0.25, 0.3) is 0 Å². The van der Waals surface area contributed by atoms with Gasteiger partial charge in [-0.1, -0.05) is 0 Å². The summed E-state index contributed by atoms with van der Waals surface area (Å²) in [6.07, 6.45) is 1.20. The van der Waals surface area contributed by atoms with Crippen LogP contribution >= 0.6 is 0 Å². The van der Waals surface area contributed by atoms with Crippen LogP contribution in [0.2, 0.25) is 0 Å². The van der Waals surface area contributed by atoms with Crippen LogP contribution < -0.4 is 4.73 Å². The third kappa shape index (κ3) is 1.52. The van der Waals surface area contributed by atoms with Crippen molar-refractivity contribution in [1.29, 1.82) is 0 Å². The fraction of sp³-hybridized carbons (Fsp3) is 0.250. The molecule has 0 spiro atoms. The Bertz CT molecular complexity index is 521. The number of rotatable bonds is 1. The molecule has 0 N–H and O–H groups in total. The first kappa shape index (κ1) is 9.57. The molecule has 0 atom stereocenters. The van der Waals surface area contributed by atoms with Crippen molar-refractivity contribution in [1.82, 2.24) is 0 Å². The van der Waals surface area contributed by atoms with E-state index in [1.807, 2.05) is 18.2 Å². The van der Waals surface area contributed by atoms with Crippen LogP contribution in [0.3, 0.4) is 0 Å². The summed E-state index contributed by atoms with van der Waals surface area (Å²) in [7, 11) is 0. The Kier molecular flexibility index (Phi) is 2.23. The molecule has 0 radical (unpaired) electrons. The van der Waals surface area contributed by atoms with Crippen LogP contribution in [0.25, 0.3) is 10.9 Å². The standard InChI is InChI=1S/C12H11NO3/c14-13-5-1-2-9-8-10(3-4-11(9)13)12-15-6-7-16-12/h1-5,8,12H,6-7H2. The highest BCUT2D eigenvalue weighted by molar-refractivity contribution is 5.76. The molecule has 82 valence electrons. The van der Waals surface area contributed by atoms with Gasteiger partial charge in [0, 0.05) is 23.1 Å². The fourth-order valence-corrected chi connectivity index (χ4v) is 1.91. The Morgan fingerprint density at radius 2 is 2.00 bits per heavy atom. The molecule has 1 aromatic carbocycles. The Balaban J connectivity index is 2.08. The van der Waals surface area contributed by atoms with E-state index in [0.29, 0.717) is 18.7 Å². The topological polar surface area (TPSA) is 45.4 Å². The second-order valence-electron chi connectivity index (χ2n) is 3.73. The van der Waals surface area contributed by atoms with Crippen LogP contribution in [0.4, 0.5) is 0 Å². The molecule has 4 nitrogen and oxygen atoms in total. The Hall–Kier alpha value is -1.65. The van der Waals surface area contributed by atoms with Crippen LogP contribution in [0.15, 0.2) is 36.5 Å². The van der Waals surface area contributed by atoms with Crippen molar-refractivity contribution in [3.8, 4) is 0 Å². The number of hydrogen-bond acceptors (Lipinski definition) is 3. The van der Waals surface area contributed by atoms with Gasteiger partial charge in [-0.05, 0) is 18.2 Å². The molecular weight excluding hydrogens is 206 g/mol. The van der Waals surface area contributed by atoms with Crippen molar-refractivity contribution < 1.29 is 14.2 Å². The lowest BCUT2D eigenvalue weighted by Crippen LogP contribution is -2.25. The van der Waals surface area contributed by atoms with Crippen molar-refractivity contribution in [3.63, 3.8) is 0 Å². The van der Waals surface area contributed by atoms with Gasteiger partial charge in [-0.25, -0.2) is 0 Å². The lowest BCUT2D eigenvalue weighted by atomic mass is 10.1. The minimum atomic E-state index is -0.287. The van der Waals surface area contributed by atoms with Crippen LogP contribution in [0, 0.1) is 5.21 Å². The predicted octanol–water partition coefficient (Wildman–Crippen LogP) is 1.52. The Morgan fingerprint density at radius 3 is 2.81 bits per heavy atom. The van der Waals surface area contributed by atoms with E-state index < -0.39 is 0 Å². The maximum Gasteiger partial charge on any atom is 0.223 e. The molecule has 1 aliphatic rings. The molecular formula is C12H11NO3. The summed E-state index contributed by atoms with van der Waals surface area (Å²) < 4.78 is 11.7. The number of benzene rings is 1. The Labute approximate surface area is 92.6 Å². The van der Waals surface area contributed by atoms with E-state index in [9.17, 15) is 5.21 Å². The van der Waals surface area contributed by atoms with E-state index in [1.165, 1.54) is 6.20 Å². The number of nitrogens with zero attached hydrogens (tertiary/aromatic N) is 1. The lowest BCUT2D eigenvalue weighted by Gasteiger charge is -2.09. The van der Waals surface area contributed by atoms with Gasteiger partial charge in [0.1, 0.15) is 0 Å². The van der Waals surface area contributed by atoms with E-state index in [1.54, 1.807) is 12.1 Å². The van der Waals surface area contributed by atoms with E-state index in [4.69, 9.17) is 9.47 Å².